The van der Waals surface area contributed by atoms with E-state index < -0.39 is 29.9 Å². The number of halogens is 6. The molecule has 0 aromatic heterocycles. The van der Waals surface area contributed by atoms with Crippen LogP contribution in [-0.4, -0.2) is 12.3 Å². The molecule has 1 saturated carbocycles. The number of alkyl halides is 6. The molecular formula is C19H19F6NO. The van der Waals surface area contributed by atoms with Gasteiger partial charge >= 0.3 is 12.4 Å². The summed E-state index contributed by atoms with van der Waals surface area (Å²) in [4.78, 5) is 0. The number of hydrogen-bond acceptors (Lipinski definition) is 2. The molecule has 0 spiro atoms. The van der Waals surface area contributed by atoms with Gasteiger partial charge in [0.1, 0.15) is 11.3 Å². The first-order valence-electron chi connectivity index (χ1n) is 8.66. The summed E-state index contributed by atoms with van der Waals surface area (Å²) in [5, 5.41) is 0.375. The molecule has 8 heteroatoms. The first kappa shape index (κ1) is 19.8. The molecular weight excluding hydrogens is 372 g/mol. The van der Waals surface area contributed by atoms with Crippen molar-refractivity contribution >= 4 is 10.8 Å². The van der Waals surface area contributed by atoms with Crippen LogP contribution in [0.1, 0.15) is 36.8 Å². The number of benzene rings is 2. The van der Waals surface area contributed by atoms with Crippen molar-refractivity contribution in [1.82, 2.24) is 0 Å². The lowest BCUT2D eigenvalue weighted by Crippen LogP contribution is -2.32. The predicted molar refractivity (Wildman–Crippen MR) is 89.3 cm³/mol. The maximum atomic E-state index is 13.7. The highest BCUT2D eigenvalue weighted by Crippen LogP contribution is 2.44. The van der Waals surface area contributed by atoms with Crippen LogP contribution in [0.3, 0.4) is 0 Å². The summed E-state index contributed by atoms with van der Waals surface area (Å²) >= 11 is 0. The Hall–Kier alpha value is -1.96. The lowest BCUT2D eigenvalue weighted by atomic mass is 9.87. The second-order valence-corrected chi connectivity index (χ2v) is 6.83. The highest BCUT2D eigenvalue weighted by molar-refractivity contribution is 5.89. The fourth-order valence-electron chi connectivity index (χ4n) is 3.55. The van der Waals surface area contributed by atoms with Crippen molar-refractivity contribution in [3.63, 3.8) is 0 Å². The van der Waals surface area contributed by atoms with Crippen molar-refractivity contribution in [3.8, 4) is 5.75 Å². The van der Waals surface area contributed by atoms with Gasteiger partial charge < -0.3 is 10.5 Å². The van der Waals surface area contributed by atoms with Gasteiger partial charge in [-0.2, -0.15) is 26.3 Å². The fourth-order valence-corrected chi connectivity index (χ4v) is 3.55. The van der Waals surface area contributed by atoms with Gasteiger partial charge in [0, 0.05) is 6.54 Å². The summed E-state index contributed by atoms with van der Waals surface area (Å²) in [5.41, 5.74) is 5.17. The minimum Gasteiger partial charge on any atom is -0.490 e. The molecule has 27 heavy (non-hydrogen) atoms. The van der Waals surface area contributed by atoms with Crippen molar-refractivity contribution in [2.24, 2.45) is 11.7 Å². The summed E-state index contributed by atoms with van der Waals surface area (Å²) in [6, 6.07) is 7.35. The zero-order chi connectivity index (χ0) is 19.8. The van der Waals surface area contributed by atoms with Crippen LogP contribution in [0.25, 0.3) is 10.8 Å². The molecule has 2 N–H and O–H groups in total. The third-order valence-electron chi connectivity index (χ3n) is 5.00. The molecule has 0 amide bonds. The number of hydrogen-bond donors (Lipinski definition) is 1. The number of nitrogens with two attached hydrogens (primary N) is 1. The van der Waals surface area contributed by atoms with E-state index in [2.05, 4.69) is 0 Å². The second-order valence-electron chi connectivity index (χ2n) is 6.83. The average molecular weight is 391 g/mol. The van der Waals surface area contributed by atoms with Crippen LogP contribution in [0.15, 0.2) is 30.3 Å². The molecule has 0 unspecified atom stereocenters. The summed E-state index contributed by atoms with van der Waals surface area (Å²) in [7, 11) is 0. The van der Waals surface area contributed by atoms with Gasteiger partial charge in [-0.15, -0.1) is 0 Å². The van der Waals surface area contributed by atoms with Crippen LogP contribution < -0.4 is 10.5 Å². The van der Waals surface area contributed by atoms with Crippen molar-refractivity contribution in [2.45, 2.75) is 50.7 Å². The minimum atomic E-state index is -4.66. The van der Waals surface area contributed by atoms with E-state index in [1.165, 1.54) is 18.2 Å². The standard InChI is InChI=1S/C19H19F6NO/c20-18(21,22)13-4-6-14(7-5-13)27-16-8-3-12-2-1-11(10-26)9-15(12)17(16)19(23,24)25/h1-3,8-9,13-14H,4-7,10,26H2. The van der Waals surface area contributed by atoms with Gasteiger partial charge in [-0.1, -0.05) is 18.2 Å². The van der Waals surface area contributed by atoms with Gasteiger partial charge in [-0.25, -0.2) is 0 Å². The van der Waals surface area contributed by atoms with Gasteiger partial charge in [0.25, 0.3) is 0 Å². The second kappa shape index (κ2) is 7.22. The zero-order valence-electron chi connectivity index (χ0n) is 14.3. The highest BCUT2D eigenvalue weighted by Gasteiger charge is 2.42. The van der Waals surface area contributed by atoms with E-state index in [9.17, 15) is 26.3 Å². The quantitative estimate of drug-likeness (QED) is 0.670. The van der Waals surface area contributed by atoms with Gasteiger partial charge in [-0.3, -0.25) is 0 Å². The van der Waals surface area contributed by atoms with Crippen molar-refractivity contribution in [3.05, 3.63) is 41.5 Å². The van der Waals surface area contributed by atoms with Crippen LogP contribution in [0, 0.1) is 5.92 Å². The molecule has 2 nitrogen and oxygen atoms in total. The summed E-state index contributed by atoms with van der Waals surface area (Å²) in [5.74, 6) is -1.76. The molecule has 2 aromatic carbocycles. The number of fused-ring (bicyclic) bond motifs is 1. The van der Waals surface area contributed by atoms with E-state index in [4.69, 9.17) is 10.5 Å². The Morgan fingerprint density at radius 2 is 1.56 bits per heavy atom. The molecule has 0 aliphatic heterocycles. The average Bonchev–Trinajstić information content (AvgIpc) is 2.59. The summed E-state index contributed by atoms with van der Waals surface area (Å²) < 4.78 is 85.0. The molecule has 0 heterocycles. The molecule has 0 atom stereocenters. The smallest absolute Gasteiger partial charge is 0.420 e. The van der Waals surface area contributed by atoms with E-state index in [-0.39, 0.29) is 43.4 Å². The maximum absolute atomic E-state index is 13.7. The van der Waals surface area contributed by atoms with Crippen LogP contribution in [-0.2, 0) is 12.7 Å². The third kappa shape index (κ3) is 4.31. The van der Waals surface area contributed by atoms with E-state index in [0.717, 1.165) is 0 Å². The van der Waals surface area contributed by atoms with Crippen molar-refractivity contribution < 1.29 is 31.1 Å². The molecule has 1 aliphatic rings. The van der Waals surface area contributed by atoms with E-state index >= 15 is 0 Å². The Labute approximate surface area is 152 Å². The van der Waals surface area contributed by atoms with Crippen molar-refractivity contribution in [2.75, 3.05) is 0 Å². The van der Waals surface area contributed by atoms with E-state index in [1.807, 2.05) is 0 Å². The van der Waals surface area contributed by atoms with Gasteiger partial charge in [0.2, 0.25) is 0 Å². The predicted octanol–water partition coefficient (Wildman–Crippen LogP) is 5.82. The maximum Gasteiger partial charge on any atom is 0.420 e. The summed E-state index contributed by atoms with van der Waals surface area (Å²) in [6.45, 7) is 0.0970. The van der Waals surface area contributed by atoms with Gasteiger partial charge in [0.05, 0.1) is 12.0 Å². The minimum absolute atomic E-state index is 0.0214. The molecule has 0 radical (unpaired) electrons. The Balaban J connectivity index is 1.91. The first-order valence-corrected chi connectivity index (χ1v) is 8.66. The Morgan fingerprint density at radius 1 is 0.926 bits per heavy atom. The fraction of sp³-hybridized carbons (Fsp3) is 0.474. The lowest BCUT2D eigenvalue weighted by Gasteiger charge is -2.31. The SMILES string of the molecule is NCc1ccc2ccc(OC3CCC(C(F)(F)F)CC3)c(C(F)(F)F)c2c1. The monoisotopic (exact) mass is 391 g/mol. The Bertz CT molecular complexity index is 806. The van der Waals surface area contributed by atoms with Crippen LogP contribution >= 0.6 is 0 Å². The highest BCUT2D eigenvalue weighted by atomic mass is 19.4. The molecule has 3 rings (SSSR count). The Kier molecular flexibility index (Phi) is 5.29. The van der Waals surface area contributed by atoms with Crippen LogP contribution in [0.5, 0.6) is 5.75 Å². The summed E-state index contributed by atoms with van der Waals surface area (Å²) in [6.07, 6.45) is -9.74. The molecule has 0 bridgehead atoms. The van der Waals surface area contributed by atoms with Gasteiger partial charge in [0.15, 0.2) is 0 Å². The molecule has 148 valence electrons. The largest absolute Gasteiger partial charge is 0.490 e. The molecule has 0 saturated heterocycles. The van der Waals surface area contributed by atoms with Crippen molar-refractivity contribution in [1.29, 1.82) is 0 Å². The van der Waals surface area contributed by atoms with E-state index in [1.54, 1.807) is 12.1 Å². The molecule has 2 aromatic rings. The normalized spacial score (nSPS) is 21.4. The molecule has 1 aliphatic carbocycles. The first-order chi connectivity index (χ1) is 12.6. The lowest BCUT2D eigenvalue weighted by molar-refractivity contribution is -0.185. The number of ether oxygens (including phenoxy) is 1. The van der Waals surface area contributed by atoms with E-state index in [0.29, 0.717) is 10.9 Å². The third-order valence-corrected chi connectivity index (χ3v) is 5.00. The number of rotatable bonds is 3. The van der Waals surface area contributed by atoms with Crippen LogP contribution in [0.2, 0.25) is 0 Å². The van der Waals surface area contributed by atoms with Crippen LogP contribution in [0.4, 0.5) is 26.3 Å². The Morgan fingerprint density at radius 3 is 2.11 bits per heavy atom. The van der Waals surface area contributed by atoms with Gasteiger partial charge in [-0.05, 0) is 54.2 Å². The molecule has 1 fully saturated rings. The topological polar surface area (TPSA) is 35.2 Å². The zero-order valence-corrected chi connectivity index (χ0v) is 14.3.